The van der Waals surface area contributed by atoms with Gasteiger partial charge in [-0.25, -0.2) is 0 Å². The molecule has 2 rings (SSSR count). The van der Waals surface area contributed by atoms with Crippen molar-refractivity contribution in [1.82, 2.24) is 5.32 Å². The van der Waals surface area contributed by atoms with E-state index in [1.54, 1.807) is 7.11 Å². The lowest BCUT2D eigenvalue weighted by atomic mass is 9.95. The van der Waals surface area contributed by atoms with Crippen molar-refractivity contribution in [2.24, 2.45) is 5.92 Å². The molecule has 0 amide bonds. The fraction of sp³-hybridized carbons (Fsp3) is 0.600. The van der Waals surface area contributed by atoms with Crippen molar-refractivity contribution in [2.75, 3.05) is 31.6 Å². The van der Waals surface area contributed by atoms with Crippen LogP contribution in [0.2, 0.25) is 0 Å². The van der Waals surface area contributed by atoms with Crippen LogP contribution in [0.5, 0.6) is 5.75 Å². The quantitative estimate of drug-likeness (QED) is 0.886. The summed E-state index contributed by atoms with van der Waals surface area (Å²) >= 11 is 0. The molecule has 0 saturated carbocycles. The molecule has 0 aromatic heterocycles. The van der Waals surface area contributed by atoms with Crippen LogP contribution in [0.15, 0.2) is 24.3 Å². The lowest BCUT2D eigenvalue weighted by Crippen LogP contribution is -2.48. The summed E-state index contributed by atoms with van der Waals surface area (Å²) in [6, 6.07) is 8.96. The Bertz CT molecular complexity index is 381. The molecule has 2 unspecified atom stereocenters. The van der Waals surface area contributed by atoms with Crippen LogP contribution in [0.3, 0.4) is 0 Å². The van der Waals surface area contributed by atoms with Gasteiger partial charge in [0.1, 0.15) is 5.75 Å². The topological polar surface area (TPSA) is 24.5 Å². The number of methoxy groups -OCH3 is 1. The molecular formula is C15H24N2O. The summed E-state index contributed by atoms with van der Waals surface area (Å²) in [5.41, 5.74) is 1.27. The number of nitrogens with one attached hydrogen (secondary N) is 1. The number of rotatable bonds is 4. The number of piperidine rings is 1. The molecular weight excluding hydrogens is 224 g/mol. The van der Waals surface area contributed by atoms with Crippen LogP contribution in [-0.4, -0.2) is 32.8 Å². The summed E-state index contributed by atoms with van der Waals surface area (Å²) < 4.78 is 5.30. The Morgan fingerprint density at radius 2 is 2.22 bits per heavy atom. The molecule has 1 saturated heterocycles. The Hall–Kier alpha value is -1.22. The largest absolute Gasteiger partial charge is 0.497 e. The number of nitrogens with zero attached hydrogens (tertiary/aromatic N) is 1. The Morgan fingerprint density at radius 3 is 2.94 bits per heavy atom. The number of hydrogen-bond acceptors (Lipinski definition) is 3. The molecule has 1 fully saturated rings. The molecule has 3 nitrogen and oxygen atoms in total. The highest BCUT2D eigenvalue weighted by Crippen LogP contribution is 2.26. The van der Waals surface area contributed by atoms with Crippen LogP contribution in [0, 0.1) is 5.92 Å². The maximum Gasteiger partial charge on any atom is 0.120 e. The second-order valence-corrected chi connectivity index (χ2v) is 5.20. The number of ether oxygens (including phenoxy) is 1. The zero-order valence-electron chi connectivity index (χ0n) is 11.6. The Morgan fingerprint density at radius 1 is 1.39 bits per heavy atom. The first kappa shape index (κ1) is 13.2. The van der Waals surface area contributed by atoms with Crippen LogP contribution in [-0.2, 0) is 0 Å². The van der Waals surface area contributed by atoms with E-state index in [1.807, 2.05) is 6.07 Å². The minimum atomic E-state index is 0.602. The van der Waals surface area contributed by atoms with Crippen molar-refractivity contribution in [3.63, 3.8) is 0 Å². The summed E-state index contributed by atoms with van der Waals surface area (Å²) in [4.78, 5) is 2.46. The van der Waals surface area contributed by atoms with Crippen LogP contribution in [0.4, 0.5) is 5.69 Å². The standard InChI is InChI=1S/C15H24N2O/c1-4-16-13-8-12(2)10-17(11-13)14-6-5-7-15(9-14)18-3/h5-7,9,12-13,16H,4,8,10-11H2,1-3H3. The van der Waals surface area contributed by atoms with E-state index in [4.69, 9.17) is 4.74 Å². The molecule has 3 heteroatoms. The molecule has 0 spiro atoms. The van der Waals surface area contributed by atoms with Gasteiger partial charge >= 0.3 is 0 Å². The zero-order valence-corrected chi connectivity index (χ0v) is 11.6. The van der Waals surface area contributed by atoms with Crippen molar-refractivity contribution < 1.29 is 4.74 Å². The van der Waals surface area contributed by atoms with Crippen molar-refractivity contribution >= 4 is 5.69 Å². The molecule has 1 aliphatic heterocycles. The first-order valence-corrected chi connectivity index (χ1v) is 6.85. The molecule has 1 aromatic rings. The van der Waals surface area contributed by atoms with Gasteiger partial charge in [-0.1, -0.05) is 19.9 Å². The van der Waals surface area contributed by atoms with E-state index in [1.165, 1.54) is 12.1 Å². The third-order valence-electron chi connectivity index (χ3n) is 3.57. The number of likely N-dealkylation sites (N-methyl/N-ethyl adjacent to an activating group) is 1. The Balaban J connectivity index is 2.10. The predicted molar refractivity (Wildman–Crippen MR) is 76.5 cm³/mol. The number of benzene rings is 1. The molecule has 1 aromatic carbocycles. The summed E-state index contributed by atoms with van der Waals surface area (Å²) in [5, 5.41) is 3.57. The fourth-order valence-corrected chi connectivity index (χ4v) is 2.81. The van der Waals surface area contributed by atoms with Crippen molar-refractivity contribution in [3.05, 3.63) is 24.3 Å². The molecule has 100 valence electrons. The van der Waals surface area contributed by atoms with Crippen LogP contribution >= 0.6 is 0 Å². The Kier molecular flexibility index (Phi) is 4.48. The molecule has 2 atom stereocenters. The molecule has 0 aliphatic carbocycles. The van der Waals surface area contributed by atoms with E-state index in [0.29, 0.717) is 6.04 Å². The second kappa shape index (κ2) is 6.10. The van der Waals surface area contributed by atoms with Crippen molar-refractivity contribution in [2.45, 2.75) is 26.3 Å². The number of anilines is 1. The average molecular weight is 248 g/mol. The molecule has 0 radical (unpaired) electrons. The van der Waals surface area contributed by atoms with Gasteiger partial charge < -0.3 is 15.0 Å². The van der Waals surface area contributed by atoms with Gasteiger partial charge in [0.2, 0.25) is 0 Å². The van der Waals surface area contributed by atoms with Crippen LogP contribution in [0.25, 0.3) is 0 Å². The normalized spacial score (nSPS) is 24.1. The third-order valence-corrected chi connectivity index (χ3v) is 3.57. The van der Waals surface area contributed by atoms with E-state index in [9.17, 15) is 0 Å². The van der Waals surface area contributed by atoms with Crippen molar-refractivity contribution in [1.29, 1.82) is 0 Å². The Labute approximate surface area is 110 Å². The summed E-state index contributed by atoms with van der Waals surface area (Å²) in [6.45, 7) is 7.77. The van der Waals surface area contributed by atoms with E-state index in [2.05, 4.69) is 42.3 Å². The second-order valence-electron chi connectivity index (χ2n) is 5.20. The third kappa shape index (κ3) is 3.16. The lowest BCUT2D eigenvalue weighted by molar-refractivity contribution is 0.355. The smallest absolute Gasteiger partial charge is 0.120 e. The van der Waals surface area contributed by atoms with Gasteiger partial charge in [0, 0.05) is 30.9 Å². The van der Waals surface area contributed by atoms with Gasteiger partial charge in [-0.15, -0.1) is 0 Å². The van der Waals surface area contributed by atoms with E-state index < -0.39 is 0 Å². The maximum atomic E-state index is 5.30. The van der Waals surface area contributed by atoms with Crippen LogP contribution in [0.1, 0.15) is 20.3 Å². The monoisotopic (exact) mass is 248 g/mol. The summed E-state index contributed by atoms with van der Waals surface area (Å²) in [5.74, 6) is 1.67. The summed E-state index contributed by atoms with van der Waals surface area (Å²) in [7, 11) is 1.72. The zero-order chi connectivity index (χ0) is 13.0. The van der Waals surface area contributed by atoms with E-state index in [0.717, 1.165) is 31.3 Å². The van der Waals surface area contributed by atoms with E-state index >= 15 is 0 Å². The first-order chi connectivity index (χ1) is 8.72. The fourth-order valence-electron chi connectivity index (χ4n) is 2.81. The highest BCUT2D eigenvalue weighted by atomic mass is 16.5. The maximum absolute atomic E-state index is 5.30. The average Bonchev–Trinajstić information content (AvgIpc) is 2.38. The summed E-state index contributed by atoms with van der Waals surface area (Å²) in [6.07, 6.45) is 1.27. The van der Waals surface area contributed by atoms with Gasteiger partial charge in [0.05, 0.1) is 7.11 Å². The number of hydrogen-bond donors (Lipinski definition) is 1. The van der Waals surface area contributed by atoms with Gasteiger partial charge in [-0.3, -0.25) is 0 Å². The van der Waals surface area contributed by atoms with Crippen molar-refractivity contribution in [3.8, 4) is 5.75 Å². The predicted octanol–water partition coefficient (Wildman–Crippen LogP) is 2.52. The minimum Gasteiger partial charge on any atom is -0.497 e. The van der Waals surface area contributed by atoms with Gasteiger partial charge in [0.25, 0.3) is 0 Å². The first-order valence-electron chi connectivity index (χ1n) is 6.85. The van der Waals surface area contributed by atoms with Crippen LogP contribution < -0.4 is 15.0 Å². The van der Waals surface area contributed by atoms with Gasteiger partial charge in [-0.05, 0) is 31.0 Å². The highest BCUT2D eigenvalue weighted by molar-refractivity contribution is 5.51. The lowest BCUT2D eigenvalue weighted by Gasteiger charge is -2.38. The van der Waals surface area contributed by atoms with E-state index in [-0.39, 0.29) is 0 Å². The molecule has 0 bridgehead atoms. The molecule has 1 heterocycles. The van der Waals surface area contributed by atoms with Gasteiger partial charge in [-0.2, -0.15) is 0 Å². The SMILES string of the molecule is CCNC1CC(C)CN(c2cccc(OC)c2)C1. The molecule has 18 heavy (non-hydrogen) atoms. The highest BCUT2D eigenvalue weighted by Gasteiger charge is 2.24. The van der Waals surface area contributed by atoms with Gasteiger partial charge in [0.15, 0.2) is 0 Å². The minimum absolute atomic E-state index is 0.602. The molecule has 1 aliphatic rings. The molecule has 1 N–H and O–H groups in total.